The highest BCUT2D eigenvalue weighted by Gasteiger charge is 2.11. The van der Waals surface area contributed by atoms with Crippen LogP contribution in [0.5, 0.6) is 0 Å². The normalized spacial score (nSPS) is 12.6. The zero-order chi connectivity index (χ0) is 15.4. The molecule has 0 amide bonds. The van der Waals surface area contributed by atoms with Gasteiger partial charge in [0, 0.05) is 24.5 Å². The van der Waals surface area contributed by atoms with Gasteiger partial charge >= 0.3 is 0 Å². The van der Waals surface area contributed by atoms with Gasteiger partial charge < -0.3 is 9.88 Å². The van der Waals surface area contributed by atoms with Crippen LogP contribution in [0.2, 0.25) is 0 Å². The van der Waals surface area contributed by atoms with Crippen molar-refractivity contribution in [1.82, 2.24) is 9.88 Å². The van der Waals surface area contributed by atoms with E-state index in [9.17, 15) is 0 Å². The molecule has 0 fully saturated rings. The lowest BCUT2D eigenvalue weighted by Crippen LogP contribution is -2.22. The van der Waals surface area contributed by atoms with Gasteiger partial charge in [-0.25, -0.2) is 0 Å². The number of rotatable bonds is 6. The lowest BCUT2D eigenvalue weighted by molar-refractivity contribution is 0.534. The minimum absolute atomic E-state index is 0.394. The zero-order valence-corrected chi connectivity index (χ0v) is 14.0. The van der Waals surface area contributed by atoms with E-state index in [1.807, 2.05) is 0 Å². The largest absolute Gasteiger partial charge is 0.346 e. The first kappa shape index (κ1) is 15.8. The van der Waals surface area contributed by atoms with Crippen molar-refractivity contribution in [2.75, 3.05) is 6.54 Å². The molecule has 2 aromatic rings. The smallest absolute Gasteiger partial charge is 0.0478 e. The number of aryl methyl sites for hydroxylation is 3. The molecule has 21 heavy (non-hydrogen) atoms. The number of nitrogens with zero attached hydrogens (tertiary/aromatic N) is 1. The minimum atomic E-state index is 0.394. The topological polar surface area (TPSA) is 17.0 Å². The standard InChI is InChI=1S/C19H28N2/c1-6-9-20-17(5)19-8-7-10-21(19)13-18-15(3)11-14(2)12-16(18)4/h7-8,10-12,17,20H,6,9,13H2,1-5H3. The summed E-state index contributed by atoms with van der Waals surface area (Å²) in [7, 11) is 0. The lowest BCUT2D eigenvalue weighted by Gasteiger charge is -2.19. The number of nitrogens with one attached hydrogen (secondary N) is 1. The maximum absolute atomic E-state index is 3.58. The predicted octanol–water partition coefficient (Wildman–Crippen LogP) is 4.52. The molecule has 0 aliphatic rings. The van der Waals surface area contributed by atoms with E-state index in [4.69, 9.17) is 0 Å². The van der Waals surface area contributed by atoms with Crippen LogP contribution in [0.25, 0.3) is 0 Å². The van der Waals surface area contributed by atoms with E-state index in [1.165, 1.54) is 34.4 Å². The molecule has 0 spiro atoms. The molecule has 1 aromatic carbocycles. The Hall–Kier alpha value is -1.54. The van der Waals surface area contributed by atoms with E-state index in [0.717, 1.165) is 13.1 Å². The third-order valence-electron chi connectivity index (χ3n) is 4.18. The molecule has 2 rings (SSSR count). The van der Waals surface area contributed by atoms with E-state index >= 15 is 0 Å². The first-order chi connectivity index (χ1) is 10.0. The summed E-state index contributed by atoms with van der Waals surface area (Å²) in [6.07, 6.45) is 3.36. The van der Waals surface area contributed by atoms with Crippen molar-refractivity contribution in [3.05, 3.63) is 58.4 Å². The molecule has 0 aliphatic heterocycles. The zero-order valence-electron chi connectivity index (χ0n) is 14.0. The predicted molar refractivity (Wildman–Crippen MR) is 90.9 cm³/mol. The van der Waals surface area contributed by atoms with E-state index in [1.54, 1.807) is 0 Å². The lowest BCUT2D eigenvalue weighted by atomic mass is 9.99. The highest BCUT2D eigenvalue weighted by Crippen LogP contribution is 2.21. The molecular formula is C19H28N2. The maximum atomic E-state index is 3.58. The Balaban J connectivity index is 2.23. The Morgan fingerprint density at radius 1 is 1.14 bits per heavy atom. The van der Waals surface area contributed by atoms with Gasteiger partial charge in [0.15, 0.2) is 0 Å². The summed E-state index contributed by atoms with van der Waals surface area (Å²) in [6.45, 7) is 13.1. The Labute approximate surface area is 129 Å². The quantitative estimate of drug-likeness (QED) is 0.825. The molecule has 1 aromatic heterocycles. The van der Waals surface area contributed by atoms with Gasteiger partial charge in [-0.2, -0.15) is 0 Å². The van der Waals surface area contributed by atoms with E-state index in [0.29, 0.717) is 6.04 Å². The summed E-state index contributed by atoms with van der Waals surface area (Å²) in [6, 6.07) is 9.34. The molecule has 0 saturated heterocycles. The summed E-state index contributed by atoms with van der Waals surface area (Å²) in [5.41, 5.74) is 6.94. The molecule has 2 nitrogen and oxygen atoms in total. The third-order valence-corrected chi connectivity index (χ3v) is 4.18. The summed E-state index contributed by atoms with van der Waals surface area (Å²) in [4.78, 5) is 0. The Kier molecular flexibility index (Phi) is 5.24. The fraction of sp³-hybridized carbons (Fsp3) is 0.474. The van der Waals surface area contributed by atoms with Gasteiger partial charge in [0.25, 0.3) is 0 Å². The summed E-state index contributed by atoms with van der Waals surface area (Å²) in [5, 5.41) is 3.58. The Morgan fingerprint density at radius 3 is 2.43 bits per heavy atom. The first-order valence-electron chi connectivity index (χ1n) is 7.98. The third kappa shape index (κ3) is 3.76. The molecule has 0 saturated carbocycles. The van der Waals surface area contributed by atoms with Gasteiger partial charge in [-0.1, -0.05) is 24.6 Å². The first-order valence-corrected chi connectivity index (χ1v) is 7.98. The van der Waals surface area contributed by atoms with Crippen molar-refractivity contribution in [2.24, 2.45) is 0 Å². The highest BCUT2D eigenvalue weighted by molar-refractivity contribution is 5.38. The van der Waals surface area contributed by atoms with Crippen molar-refractivity contribution in [3.8, 4) is 0 Å². The summed E-state index contributed by atoms with van der Waals surface area (Å²) >= 11 is 0. The van der Waals surface area contributed by atoms with Crippen molar-refractivity contribution in [1.29, 1.82) is 0 Å². The van der Waals surface area contributed by atoms with Crippen LogP contribution < -0.4 is 5.32 Å². The number of hydrogen-bond acceptors (Lipinski definition) is 1. The van der Waals surface area contributed by atoms with Crippen LogP contribution in [0.1, 0.15) is 54.3 Å². The fourth-order valence-corrected chi connectivity index (χ4v) is 3.06. The maximum Gasteiger partial charge on any atom is 0.0478 e. The fourth-order valence-electron chi connectivity index (χ4n) is 3.06. The van der Waals surface area contributed by atoms with Crippen LogP contribution in [0.15, 0.2) is 30.5 Å². The monoisotopic (exact) mass is 284 g/mol. The molecule has 0 bridgehead atoms. The van der Waals surface area contributed by atoms with Crippen LogP contribution in [0, 0.1) is 20.8 Å². The second-order valence-electron chi connectivity index (χ2n) is 6.11. The highest BCUT2D eigenvalue weighted by atomic mass is 15.0. The molecular weight excluding hydrogens is 256 g/mol. The van der Waals surface area contributed by atoms with Gasteiger partial charge in [-0.05, 0) is 69.5 Å². The molecule has 1 unspecified atom stereocenters. The molecule has 0 radical (unpaired) electrons. The van der Waals surface area contributed by atoms with E-state index < -0.39 is 0 Å². The number of aromatic nitrogens is 1. The van der Waals surface area contributed by atoms with Crippen LogP contribution >= 0.6 is 0 Å². The van der Waals surface area contributed by atoms with Crippen molar-refractivity contribution in [3.63, 3.8) is 0 Å². The SMILES string of the molecule is CCCNC(C)c1cccn1Cc1c(C)cc(C)cc1C. The van der Waals surface area contributed by atoms with Gasteiger partial charge in [0.1, 0.15) is 0 Å². The summed E-state index contributed by atoms with van der Waals surface area (Å²) in [5.74, 6) is 0. The molecule has 1 N–H and O–H groups in total. The van der Waals surface area contributed by atoms with Crippen LogP contribution in [0.4, 0.5) is 0 Å². The van der Waals surface area contributed by atoms with E-state index in [-0.39, 0.29) is 0 Å². The van der Waals surface area contributed by atoms with Gasteiger partial charge in [-0.15, -0.1) is 0 Å². The minimum Gasteiger partial charge on any atom is -0.346 e. The van der Waals surface area contributed by atoms with Crippen molar-refractivity contribution < 1.29 is 0 Å². The Bertz CT molecular complexity index is 572. The molecule has 1 heterocycles. The Morgan fingerprint density at radius 2 is 1.81 bits per heavy atom. The molecule has 0 aliphatic carbocycles. The van der Waals surface area contributed by atoms with Crippen molar-refractivity contribution in [2.45, 2.75) is 53.6 Å². The van der Waals surface area contributed by atoms with Gasteiger partial charge in [0.2, 0.25) is 0 Å². The van der Waals surface area contributed by atoms with Gasteiger partial charge in [-0.3, -0.25) is 0 Å². The molecule has 1 atom stereocenters. The molecule has 114 valence electrons. The van der Waals surface area contributed by atoms with Crippen LogP contribution in [-0.2, 0) is 6.54 Å². The van der Waals surface area contributed by atoms with Crippen LogP contribution in [-0.4, -0.2) is 11.1 Å². The summed E-state index contributed by atoms with van der Waals surface area (Å²) < 4.78 is 2.37. The van der Waals surface area contributed by atoms with Crippen LogP contribution in [0.3, 0.4) is 0 Å². The number of benzene rings is 1. The average molecular weight is 284 g/mol. The van der Waals surface area contributed by atoms with Crippen molar-refractivity contribution >= 4 is 0 Å². The molecule has 2 heteroatoms. The van der Waals surface area contributed by atoms with Gasteiger partial charge in [0.05, 0.1) is 0 Å². The van der Waals surface area contributed by atoms with E-state index in [2.05, 4.69) is 75.0 Å². The second-order valence-corrected chi connectivity index (χ2v) is 6.11. The average Bonchev–Trinajstić information content (AvgIpc) is 2.88. The number of hydrogen-bond donors (Lipinski definition) is 1. The second kappa shape index (κ2) is 6.95.